The van der Waals surface area contributed by atoms with Crippen molar-refractivity contribution in [3.8, 4) is 0 Å². The number of carbonyl (C=O) groups excluding carboxylic acids is 1. The van der Waals surface area contributed by atoms with Crippen LogP contribution in [0.15, 0.2) is 12.2 Å². The minimum absolute atomic E-state index is 0.128. The van der Waals surface area contributed by atoms with E-state index in [2.05, 4.69) is 6.92 Å². The Balaban J connectivity index is 2.33. The van der Waals surface area contributed by atoms with E-state index in [0.717, 1.165) is 44.9 Å². The molecule has 0 aromatic rings. The van der Waals surface area contributed by atoms with Crippen molar-refractivity contribution < 1.29 is 24.9 Å². The molecule has 1 aliphatic carbocycles. The van der Waals surface area contributed by atoms with E-state index in [1.807, 2.05) is 12.2 Å². The summed E-state index contributed by atoms with van der Waals surface area (Å²) in [4.78, 5) is 22.7. The zero-order valence-corrected chi connectivity index (χ0v) is 16.8. The van der Waals surface area contributed by atoms with Gasteiger partial charge >= 0.3 is 5.97 Å². The molecule has 0 radical (unpaired) electrons. The first-order chi connectivity index (χ1) is 13.0. The van der Waals surface area contributed by atoms with Gasteiger partial charge in [0.2, 0.25) is 0 Å². The number of aliphatic carboxylic acids is 1. The van der Waals surface area contributed by atoms with Gasteiger partial charge in [0.05, 0.1) is 12.2 Å². The van der Waals surface area contributed by atoms with Gasteiger partial charge in [-0.3, -0.25) is 9.59 Å². The van der Waals surface area contributed by atoms with Gasteiger partial charge in [0.15, 0.2) is 0 Å². The van der Waals surface area contributed by atoms with E-state index in [9.17, 15) is 19.8 Å². The molecule has 1 rings (SSSR count). The van der Waals surface area contributed by atoms with Crippen LogP contribution in [0, 0.1) is 11.8 Å². The molecule has 1 saturated carbocycles. The van der Waals surface area contributed by atoms with E-state index in [4.69, 9.17) is 5.11 Å². The van der Waals surface area contributed by atoms with E-state index in [1.165, 1.54) is 12.8 Å². The van der Waals surface area contributed by atoms with Gasteiger partial charge in [0.1, 0.15) is 5.78 Å². The van der Waals surface area contributed by atoms with Crippen molar-refractivity contribution in [2.24, 2.45) is 11.8 Å². The maximum absolute atomic E-state index is 12.2. The van der Waals surface area contributed by atoms with Crippen LogP contribution in [0.5, 0.6) is 0 Å². The summed E-state index contributed by atoms with van der Waals surface area (Å²) in [7, 11) is 0. The highest BCUT2D eigenvalue weighted by Gasteiger charge is 2.39. The fraction of sp³-hybridized carbons (Fsp3) is 0.818. The normalized spacial score (nSPS) is 24.0. The predicted octanol–water partition coefficient (Wildman–Crippen LogP) is 4.26. The van der Waals surface area contributed by atoms with Gasteiger partial charge in [-0.15, -0.1) is 0 Å². The number of rotatable bonds is 15. The minimum Gasteiger partial charge on any atom is -0.481 e. The maximum atomic E-state index is 12.2. The molecule has 1 aliphatic rings. The molecule has 3 N–H and O–H groups in total. The second-order valence-electron chi connectivity index (χ2n) is 7.94. The summed E-state index contributed by atoms with van der Waals surface area (Å²) >= 11 is 0. The number of carboxylic acids is 1. The van der Waals surface area contributed by atoms with Crippen LogP contribution < -0.4 is 0 Å². The smallest absolute Gasteiger partial charge is 0.303 e. The highest BCUT2D eigenvalue weighted by Crippen LogP contribution is 2.34. The average Bonchev–Trinajstić information content (AvgIpc) is 2.88. The largest absolute Gasteiger partial charge is 0.481 e. The summed E-state index contributed by atoms with van der Waals surface area (Å²) in [5.41, 5.74) is 0. The molecule has 0 unspecified atom stereocenters. The molecule has 4 atom stereocenters. The van der Waals surface area contributed by atoms with Crippen LogP contribution in [-0.2, 0) is 9.59 Å². The summed E-state index contributed by atoms with van der Waals surface area (Å²) in [6.45, 7) is 2.17. The Morgan fingerprint density at radius 2 is 1.85 bits per heavy atom. The van der Waals surface area contributed by atoms with E-state index in [-0.39, 0.29) is 36.6 Å². The Labute approximate surface area is 163 Å². The number of carboxylic acid groups (broad SMARTS) is 1. The van der Waals surface area contributed by atoms with Crippen molar-refractivity contribution in [3.05, 3.63) is 12.2 Å². The molecule has 0 heterocycles. The molecule has 0 amide bonds. The molecule has 0 saturated heterocycles. The van der Waals surface area contributed by atoms with Crippen LogP contribution in [0.1, 0.15) is 90.4 Å². The van der Waals surface area contributed by atoms with Gasteiger partial charge in [0, 0.05) is 24.7 Å². The van der Waals surface area contributed by atoms with Crippen LogP contribution in [0.2, 0.25) is 0 Å². The fourth-order valence-electron chi connectivity index (χ4n) is 3.90. The van der Waals surface area contributed by atoms with Crippen LogP contribution in [-0.4, -0.2) is 39.3 Å². The van der Waals surface area contributed by atoms with Crippen molar-refractivity contribution in [1.82, 2.24) is 0 Å². The van der Waals surface area contributed by atoms with Crippen LogP contribution in [0.25, 0.3) is 0 Å². The molecule has 1 fully saturated rings. The Morgan fingerprint density at radius 3 is 2.56 bits per heavy atom. The van der Waals surface area contributed by atoms with Crippen molar-refractivity contribution in [2.45, 2.75) is 103 Å². The van der Waals surface area contributed by atoms with Gasteiger partial charge < -0.3 is 15.3 Å². The summed E-state index contributed by atoms with van der Waals surface area (Å²) in [5.74, 6) is -0.925. The highest BCUT2D eigenvalue weighted by molar-refractivity contribution is 5.84. The molecule has 0 aromatic carbocycles. The summed E-state index contributed by atoms with van der Waals surface area (Å²) in [5, 5.41) is 28.9. The first-order valence-electron chi connectivity index (χ1n) is 10.7. The molecule has 0 aliphatic heterocycles. The van der Waals surface area contributed by atoms with Crippen LogP contribution >= 0.6 is 0 Å². The Kier molecular flexibility index (Phi) is 12.3. The lowest BCUT2D eigenvalue weighted by atomic mass is 9.88. The fourth-order valence-corrected chi connectivity index (χ4v) is 3.90. The Morgan fingerprint density at radius 1 is 1.15 bits per heavy atom. The topological polar surface area (TPSA) is 94.8 Å². The van der Waals surface area contributed by atoms with Gasteiger partial charge in [-0.05, 0) is 25.7 Å². The summed E-state index contributed by atoms with van der Waals surface area (Å²) < 4.78 is 0. The van der Waals surface area contributed by atoms with Crippen LogP contribution in [0.4, 0.5) is 0 Å². The first-order valence-corrected chi connectivity index (χ1v) is 10.7. The number of carbonyl (C=O) groups is 2. The molecule has 156 valence electrons. The standard InChI is InChI=1S/C22H38O5/c1-2-3-4-7-11-17(23)12-10-14-19-18(20(24)16-21(19)25)13-8-5-6-9-15-22(26)27/h10,14,17-19,21,23,25H,2-9,11-13,15-16H2,1H3,(H,26,27)/t17-,18-,19-,21-/m1/s1. The number of unbranched alkanes of at least 4 members (excludes halogenated alkanes) is 6. The number of Topliss-reactive ketones (excluding diaryl/α,β-unsaturated/α-hetero) is 1. The first kappa shape index (κ1) is 23.8. The van der Waals surface area contributed by atoms with E-state index in [0.29, 0.717) is 12.8 Å². The number of hydrogen-bond acceptors (Lipinski definition) is 4. The van der Waals surface area contributed by atoms with Crippen molar-refractivity contribution in [2.75, 3.05) is 0 Å². The Hall–Kier alpha value is -1.20. The van der Waals surface area contributed by atoms with Gasteiger partial charge in [0.25, 0.3) is 0 Å². The molecule has 0 aromatic heterocycles. The molecule has 0 bridgehead atoms. The van der Waals surface area contributed by atoms with Gasteiger partial charge in [-0.1, -0.05) is 64.0 Å². The third-order valence-electron chi connectivity index (χ3n) is 5.55. The SMILES string of the molecule is CCCCCC[C@@H](O)CC=C[C@H]1[C@H](O)CC(=O)[C@@H]1CCCCCCC(=O)O. The summed E-state index contributed by atoms with van der Waals surface area (Å²) in [6.07, 6.45) is 13.4. The minimum atomic E-state index is -0.762. The van der Waals surface area contributed by atoms with Crippen molar-refractivity contribution in [1.29, 1.82) is 0 Å². The lowest BCUT2D eigenvalue weighted by molar-refractivity contribution is -0.137. The molecular weight excluding hydrogens is 344 g/mol. The highest BCUT2D eigenvalue weighted by atomic mass is 16.4. The lowest BCUT2D eigenvalue weighted by Crippen LogP contribution is -2.18. The zero-order chi connectivity index (χ0) is 20.1. The molecule has 5 nitrogen and oxygen atoms in total. The average molecular weight is 383 g/mol. The third kappa shape index (κ3) is 10.1. The quantitative estimate of drug-likeness (QED) is 0.291. The number of aliphatic hydroxyl groups is 2. The van der Waals surface area contributed by atoms with E-state index in [1.54, 1.807) is 0 Å². The lowest BCUT2D eigenvalue weighted by Gasteiger charge is -2.17. The van der Waals surface area contributed by atoms with Crippen molar-refractivity contribution in [3.63, 3.8) is 0 Å². The molecule has 0 spiro atoms. The molecular formula is C22H38O5. The number of ketones is 1. The second-order valence-corrected chi connectivity index (χ2v) is 7.94. The molecule has 27 heavy (non-hydrogen) atoms. The molecule has 5 heteroatoms. The number of hydrogen-bond donors (Lipinski definition) is 3. The van der Waals surface area contributed by atoms with Crippen LogP contribution in [0.3, 0.4) is 0 Å². The summed E-state index contributed by atoms with van der Waals surface area (Å²) in [6, 6.07) is 0. The predicted molar refractivity (Wildman–Crippen MR) is 106 cm³/mol. The zero-order valence-electron chi connectivity index (χ0n) is 16.8. The maximum Gasteiger partial charge on any atom is 0.303 e. The van der Waals surface area contributed by atoms with E-state index < -0.39 is 12.1 Å². The third-order valence-corrected chi connectivity index (χ3v) is 5.55. The number of aliphatic hydroxyl groups excluding tert-OH is 2. The van der Waals surface area contributed by atoms with Gasteiger partial charge in [-0.25, -0.2) is 0 Å². The Bertz CT molecular complexity index is 460. The monoisotopic (exact) mass is 382 g/mol. The van der Waals surface area contributed by atoms with E-state index >= 15 is 0 Å². The second kappa shape index (κ2) is 13.9. The van der Waals surface area contributed by atoms with Gasteiger partial charge in [-0.2, -0.15) is 0 Å². The van der Waals surface area contributed by atoms with Crippen molar-refractivity contribution >= 4 is 11.8 Å².